The Morgan fingerprint density at radius 3 is 2.50 bits per heavy atom. The lowest BCUT2D eigenvalue weighted by atomic mass is 9.73. The Morgan fingerprint density at radius 2 is 1.88 bits per heavy atom. The van der Waals surface area contributed by atoms with Crippen LogP contribution in [0.25, 0.3) is 0 Å². The summed E-state index contributed by atoms with van der Waals surface area (Å²) in [5.74, 6) is 0. The van der Waals surface area contributed by atoms with Gasteiger partial charge in [0, 0.05) is 18.6 Å². The Labute approximate surface area is 97.1 Å². The van der Waals surface area contributed by atoms with Crippen LogP contribution in [0.3, 0.4) is 0 Å². The monoisotopic (exact) mass is 218 g/mol. The summed E-state index contributed by atoms with van der Waals surface area (Å²) in [6.07, 6.45) is 0. The first-order chi connectivity index (χ1) is 7.49. The molecule has 1 N–H and O–H groups in total. The molecule has 1 radical (unpaired) electrons. The van der Waals surface area contributed by atoms with Gasteiger partial charge in [-0.3, -0.25) is 0 Å². The minimum absolute atomic E-state index is 0.0863. The second-order valence-electron chi connectivity index (χ2n) is 5.14. The van der Waals surface area contributed by atoms with Crippen molar-refractivity contribution in [3.8, 4) is 0 Å². The van der Waals surface area contributed by atoms with Crippen LogP contribution in [-0.2, 0) is 9.31 Å². The van der Waals surface area contributed by atoms with Gasteiger partial charge in [-0.1, -0.05) is 26.0 Å². The third-order valence-corrected chi connectivity index (χ3v) is 2.88. The van der Waals surface area contributed by atoms with Crippen LogP contribution >= 0.6 is 0 Å². The first kappa shape index (κ1) is 11.5. The van der Waals surface area contributed by atoms with E-state index in [0.717, 1.165) is 11.0 Å². The van der Waals surface area contributed by atoms with E-state index in [1.165, 1.54) is 0 Å². The fourth-order valence-corrected chi connectivity index (χ4v) is 1.78. The molecule has 0 aliphatic carbocycles. The third-order valence-electron chi connectivity index (χ3n) is 2.88. The number of nitrogens with one attached hydrogen (secondary N) is 1. The molecule has 0 amide bonds. The normalized spacial score (nSPS) is 19.8. The van der Waals surface area contributed by atoms with Gasteiger partial charge in [0.25, 0.3) is 0 Å². The highest BCUT2D eigenvalue weighted by Crippen LogP contribution is 2.22. The van der Waals surface area contributed by atoms with Crippen molar-refractivity contribution in [2.24, 2.45) is 5.41 Å². The van der Waals surface area contributed by atoms with Gasteiger partial charge in [0.2, 0.25) is 0 Å². The SMILES string of the molecule is Cc1c([NH])cccc1B1OCC(C)(C)CO1. The van der Waals surface area contributed by atoms with Gasteiger partial charge < -0.3 is 15.0 Å². The molecule has 1 aromatic rings. The van der Waals surface area contributed by atoms with Gasteiger partial charge in [0.1, 0.15) is 0 Å². The van der Waals surface area contributed by atoms with E-state index < -0.39 is 0 Å². The van der Waals surface area contributed by atoms with Gasteiger partial charge in [-0.05, 0) is 24.0 Å². The van der Waals surface area contributed by atoms with Crippen molar-refractivity contribution in [2.45, 2.75) is 20.8 Å². The fraction of sp³-hybridized carbons (Fsp3) is 0.500. The summed E-state index contributed by atoms with van der Waals surface area (Å²) in [7, 11) is -0.307. The standard InChI is InChI=1S/C12H17BNO2/c1-9-10(5-4-6-11(9)14)13-15-7-12(2,3)8-16-13/h4-6,14H,7-8H2,1-3H3. The van der Waals surface area contributed by atoms with Crippen molar-refractivity contribution in [1.82, 2.24) is 5.73 Å². The minimum atomic E-state index is -0.307. The van der Waals surface area contributed by atoms with Gasteiger partial charge in [-0.2, -0.15) is 0 Å². The summed E-state index contributed by atoms with van der Waals surface area (Å²) in [6, 6.07) is 5.62. The zero-order chi connectivity index (χ0) is 11.8. The van der Waals surface area contributed by atoms with Crippen LogP contribution in [0.4, 0.5) is 5.69 Å². The molecule has 0 saturated carbocycles. The number of rotatable bonds is 1. The maximum absolute atomic E-state index is 7.75. The molecule has 1 aromatic carbocycles. The molecular weight excluding hydrogens is 201 g/mol. The van der Waals surface area contributed by atoms with Crippen molar-refractivity contribution in [3.05, 3.63) is 23.8 Å². The van der Waals surface area contributed by atoms with E-state index in [2.05, 4.69) is 13.8 Å². The van der Waals surface area contributed by atoms with Crippen LogP contribution in [0, 0.1) is 12.3 Å². The Hall–Kier alpha value is -0.995. The highest BCUT2D eigenvalue weighted by atomic mass is 16.6. The highest BCUT2D eigenvalue weighted by Gasteiger charge is 2.34. The molecule has 1 fully saturated rings. The minimum Gasteiger partial charge on any atom is -0.407 e. The topological polar surface area (TPSA) is 42.3 Å². The van der Waals surface area contributed by atoms with E-state index in [1.807, 2.05) is 19.1 Å². The fourth-order valence-electron chi connectivity index (χ4n) is 1.78. The van der Waals surface area contributed by atoms with Crippen LogP contribution < -0.4 is 11.2 Å². The van der Waals surface area contributed by atoms with Crippen LogP contribution in [0.15, 0.2) is 18.2 Å². The van der Waals surface area contributed by atoms with E-state index in [0.29, 0.717) is 18.9 Å². The van der Waals surface area contributed by atoms with Crippen LogP contribution in [0.2, 0.25) is 0 Å². The zero-order valence-electron chi connectivity index (χ0n) is 10.0. The molecule has 0 bridgehead atoms. The molecular formula is C12H17BNO2. The van der Waals surface area contributed by atoms with E-state index in [9.17, 15) is 0 Å². The Balaban J connectivity index is 2.17. The maximum atomic E-state index is 7.75. The molecule has 1 aliphatic heterocycles. The molecule has 85 valence electrons. The third kappa shape index (κ3) is 2.23. The van der Waals surface area contributed by atoms with Crippen LogP contribution in [0.1, 0.15) is 19.4 Å². The molecule has 0 atom stereocenters. The number of hydrogen-bond acceptors (Lipinski definition) is 2. The summed E-state index contributed by atoms with van der Waals surface area (Å²) in [5.41, 5.74) is 10.3. The summed E-state index contributed by atoms with van der Waals surface area (Å²) in [6.45, 7) is 7.57. The lowest BCUT2D eigenvalue weighted by molar-refractivity contribution is 0.0342. The second kappa shape index (κ2) is 4.11. The molecule has 0 unspecified atom stereocenters. The molecule has 16 heavy (non-hydrogen) atoms. The van der Waals surface area contributed by atoms with Gasteiger partial charge in [-0.15, -0.1) is 0 Å². The van der Waals surface area contributed by atoms with E-state index >= 15 is 0 Å². The van der Waals surface area contributed by atoms with Crippen LogP contribution in [-0.4, -0.2) is 20.3 Å². The van der Waals surface area contributed by atoms with E-state index in [1.54, 1.807) is 6.07 Å². The Morgan fingerprint density at radius 1 is 1.25 bits per heavy atom. The number of benzene rings is 1. The second-order valence-corrected chi connectivity index (χ2v) is 5.14. The van der Waals surface area contributed by atoms with Gasteiger partial charge in [0.15, 0.2) is 0 Å². The molecule has 1 heterocycles. The number of hydrogen-bond donors (Lipinski definition) is 0. The average molecular weight is 218 g/mol. The first-order valence-electron chi connectivity index (χ1n) is 5.54. The summed E-state index contributed by atoms with van der Waals surface area (Å²) in [4.78, 5) is 0. The lowest BCUT2D eigenvalue weighted by Gasteiger charge is -2.33. The molecule has 2 rings (SSSR count). The molecule has 1 saturated heterocycles. The molecule has 4 heteroatoms. The van der Waals surface area contributed by atoms with Crippen molar-refractivity contribution >= 4 is 18.3 Å². The lowest BCUT2D eigenvalue weighted by Crippen LogP contribution is -2.48. The smallest absolute Gasteiger partial charge is 0.407 e. The summed E-state index contributed by atoms with van der Waals surface area (Å²) >= 11 is 0. The Bertz CT molecular complexity index is 383. The summed E-state index contributed by atoms with van der Waals surface area (Å²) in [5, 5.41) is 0. The quantitative estimate of drug-likeness (QED) is 0.673. The van der Waals surface area contributed by atoms with Crippen molar-refractivity contribution in [1.29, 1.82) is 0 Å². The van der Waals surface area contributed by atoms with Crippen LogP contribution in [0.5, 0.6) is 0 Å². The van der Waals surface area contributed by atoms with E-state index in [4.69, 9.17) is 15.0 Å². The molecule has 3 nitrogen and oxygen atoms in total. The van der Waals surface area contributed by atoms with Gasteiger partial charge in [-0.25, -0.2) is 0 Å². The van der Waals surface area contributed by atoms with Crippen molar-refractivity contribution in [3.63, 3.8) is 0 Å². The predicted molar refractivity (Wildman–Crippen MR) is 65.0 cm³/mol. The van der Waals surface area contributed by atoms with Crippen molar-refractivity contribution < 1.29 is 9.31 Å². The molecule has 0 aromatic heterocycles. The average Bonchev–Trinajstić information content (AvgIpc) is 2.23. The zero-order valence-corrected chi connectivity index (χ0v) is 10.0. The summed E-state index contributed by atoms with van der Waals surface area (Å²) < 4.78 is 11.4. The largest absolute Gasteiger partial charge is 0.494 e. The van der Waals surface area contributed by atoms with E-state index in [-0.39, 0.29) is 12.5 Å². The Kier molecular flexibility index (Phi) is 2.95. The molecule has 0 spiro atoms. The predicted octanol–water partition coefficient (Wildman–Crippen LogP) is 1.68. The maximum Gasteiger partial charge on any atom is 0.494 e. The van der Waals surface area contributed by atoms with Gasteiger partial charge >= 0.3 is 7.12 Å². The van der Waals surface area contributed by atoms with Gasteiger partial charge in [0.05, 0.1) is 5.69 Å². The highest BCUT2D eigenvalue weighted by molar-refractivity contribution is 6.62. The molecule has 1 aliphatic rings. The first-order valence-corrected chi connectivity index (χ1v) is 5.54. The van der Waals surface area contributed by atoms with Crippen molar-refractivity contribution in [2.75, 3.05) is 13.2 Å².